The average molecular weight is 429 g/mol. The number of hydrogen-bond acceptors (Lipinski definition) is 5. The molecule has 2 aromatic heterocycles. The smallest absolute Gasteiger partial charge is 0.257 e. The van der Waals surface area contributed by atoms with Gasteiger partial charge in [-0.3, -0.25) is 4.79 Å². The first kappa shape index (κ1) is 19.7. The van der Waals surface area contributed by atoms with Crippen LogP contribution in [0.2, 0.25) is 0 Å². The monoisotopic (exact) mass is 429 g/mol. The zero-order valence-electron chi connectivity index (χ0n) is 18.5. The summed E-state index contributed by atoms with van der Waals surface area (Å²) in [6.45, 7) is 0.346. The third kappa shape index (κ3) is 2.93. The van der Waals surface area contributed by atoms with Gasteiger partial charge in [-0.1, -0.05) is 0 Å². The molecule has 1 N–H and O–H groups in total. The first-order valence-corrected chi connectivity index (χ1v) is 11.1. The molecule has 1 aliphatic heterocycles. The second kappa shape index (κ2) is 6.30. The Labute approximate surface area is 187 Å². The molecular formula is C21H23B3FN5O2. The van der Waals surface area contributed by atoms with Crippen LogP contribution in [0.5, 0.6) is 5.75 Å². The van der Waals surface area contributed by atoms with Crippen LogP contribution in [0.1, 0.15) is 41.6 Å². The van der Waals surface area contributed by atoms with Crippen molar-refractivity contribution in [1.82, 2.24) is 19.9 Å². The molecule has 3 aromatic rings. The number of benzene rings is 1. The van der Waals surface area contributed by atoms with E-state index in [4.69, 9.17) is 9.72 Å². The van der Waals surface area contributed by atoms with Crippen LogP contribution in [0.3, 0.4) is 0 Å². The molecule has 0 atom stereocenters. The summed E-state index contributed by atoms with van der Waals surface area (Å²) in [6, 6.07) is 6.67. The second-order valence-corrected chi connectivity index (χ2v) is 10.3. The molecule has 6 rings (SSSR count). The summed E-state index contributed by atoms with van der Waals surface area (Å²) in [5.74, 6) is 0.912. The molecule has 2 spiro atoms. The Morgan fingerprint density at radius 3 is 2.62 bits per heavy atom. The summed E-state index contributed by atoms with van der Waals surface area (Å²) < 4.78 is 22.4. The number of amides is 1. The maximum absolute atomic E-state index is 14.5. The molecule has 3 heterocycles. The molecule has 2 fully saturated rings. The molecular weight excluding hydrogens is 406 g/mol. The van der Waals surface area contributed by atoms with Crippen molar-refractivity contribution in [2.24, 2.45) is 0 Å². The van der Waals surface area contributed by atoms with Crippen molar-refractivity contribution >= 4 is 40.9 Å². The predicted octanol–water partition coefficient (Wildman–Crippen LogP) is -0.471. The van der Waals surface area contributed by atoms with E-state index in [1.165, 1.54) is 6.07 Å². The third-order valence-corrected chi connectivity index (χ3v) is 6.83. The number of rotatable bonds is 1. The van der Waals surface area contributed by atoms with Crippen LogP contribution in [0.25, 0.3) is 5.65 Å². The lowest BCUT2D eigenvalue weighted by Gasteiger charge is -2.45. The number of anilines is 1. The first-order chi connectivity index (χ1) is 15.2. The largest absolute Gasteiger partial charge is 0.491 e. The van der Waals surface area contributed by atoms with Gasteiger partial charge in [0.05, 0.1) is 17.3 Å². The highest BCUT2D eigenvalue weighted by Crippen LogP contribution is 2.56. The van der Waals surface area contributed by atoms with Crippen LogP contribution in [-0.2, 0) is 5.54 Å². The van der Waals surface area contributed by atoms with Gasteiger partial charge < -0.3 is 15.0 Å². The molecule has 1 aromatic carbocycles. The van der Waals surface area contributed by atoms with E-state index < -0.39 is 11.1 Å². The van der Waals surface area contributed by atoms with E-state index in [1.54, 1.807) is 22.8 Å². The summed E-state index contributed by atoms with van der Waals surface area (Å²) >= 11 is 0. The van der Waals surface area contributed by atoms with Gasteiger partial charge in [0, 0.05) is 11.8 Å². The number of nitrogens with zero attached hydrogens (tertiary/aromatic N) is 4. The van der Waals surface area contributed by atoms with E-state index in [9.17, 15) is 9.18 Å². The second-order valence-electron chi connectivity index (χ2n) is 10.3. The fourth-order valence-corrected chi connectivity index (χ4v) is 5.05. The Morgan fingerprint density at radius 2 is 1.94 bits per heavy atom. The third-order valence-electron chi connectivity index (χ3n) is 6.83. The van der Waals surface area contributed by atoms with E-state index in [-0.39, 0.29) is 17.0 Å². The fraction of sp³-hybridized carbons (Fsp3) is 0.381. The highest BCUT2D eigenvalue weighted by molar-refractivity contribution is 6.61. The van der Waals surface area contributed by atoms with Gasteiger partial charge in [-0.15, -0.1) is 0 Å². The lowest BCUT2D eigenvalue weighted by molar-refractivity contribution is 0.0914. The minimum absolute atomic E-state index is 0.201. The van der Waals surface area contributed by atoms with E-state index in [0.29, 0.717) is 23.6 Å². The quantitative estimate of drug-likeness (QED) is 0.531. The topological polar surface area (TPSA) is 71.8 Å². The number of carbonyl (C=O) groups is 1. The van der Waals surface area contributed by atoms with Crippen molar-refractivity contribution < 1.29 is 13.9 Å². The number of hydrogen-bond donors (Lipinski definition) is 1. The average Bonchev–Trinajstić information content (AvgIpc) is 3.64. The summed E-state index contributed by atoms with van der Waals surface area (Å²) in [5, 5.41) is 7.15. The number of fused-ring (bicyclic) bond motifs is 3. The molecule has 3 aliphatic rings. The minimum atomic E-state index is -0.427. The van der Waals surface area contributed by atoms with Gasteiger partial charge in [-0.05, 0) is 55.2 Å². The highest BCUT2D eigenvalue weighted by Gasteiger charge is 2.55. The predicted molar refractivity (Wildman–Crippen MR) is 126 cm³/mol. The number of carbonyl (C=O) groups excluding carboxylic acids is 1. The van der Waals surface area contributed by atoms with Crippen molar-refractivity contribution in [3.63, 3.8) is 0 Å². The molecule has 7 nitrogen and oxygen atoms in total. The molecule has 2 bridgehead atoms. The van der Waals surface area contributed by atoms with Crippen molar-refractivity contribution in [2.45, 2.75) is 42.0 Å². The van der Waals surface area contributed by atoms with E-state index in [2.05, 4.69) is 38.9 Å². The van der Waals surface area contributed by atoms with Crippen LogP contribution in [-0.4, -0.2) is 61.4 Å². The van der Waals surface area contributed by atoms with Crippen LogP contribution in [0.4, 0.5) is 10.2 Å². The molecule has 32 heavy (non-hydrogen) atoms. The molecule has 160 valence electrons. The van der Waals surface area contributed by atoms with Gasteiger partial charge in [0.1, 0.15) is 53.1 Å². The van der Waals surface area contributed by atoms with Crippen LogP contribution < -0.4 is 15.0 Å². The molecule has 0 radical (unpaired) electrons. The van der Waals surface area contributed by atoms with Crippen molar-refractivity contribution in [1.29, 1.82) is 0 Å². The molecule has 2 saturated carbocycles. The van der Waals surface area contributed by atoms with Crippen LogP contribution in [0.15, 0.2) is 36.7 Å². The molecule has 11 heteroatoms. The Hall–Kier alpha value is -2.97. The van der Waals surface area contributed by atoms with Gasteiger partial charge in [0.2, 0.25) is 0 Å². The van der Waals surface area contributed by atoms with Crippen molar-refractivity contribution in [3.05, 3.63) is 53.6 Å². The van der Waals surface area contributed by atoms with Gasteiger partial charge >= 0.3 is 0 Å². The number of ether oxygens (including phenoxy) is 1. The van der Waals surface area contributed by atoms with Gasteiger partial charge in [0.25, 0.3) is 5.91 Å². The Morgan fingerprint density at radius 1 is 1.16 bits per heavy atom. The zero-order chi connectivity index (χ0) is 22.3. The van der Waals surface area contributed by atoms with Crippen molar-refractivity contribution in [3.8, 4) is 5.75 Å². The van der Waals surface area contributed by atoms with E-state index >= 15 is 0 Å². The lowest BCUT2D eigenvalue weighted by atomic mass is 9.47. The molecule has 2 aliphatic carbocycles. The van der Waals surface area contributed by atoms with Gasteiger partial charge in [-0.25, -0.2) is 13.9 Å². The normalized spacial score (nSPS) is 20.8. The van der Waals surface area contributed by atoms with Crippen LogP contribution in [0, 0.1) is 5.82 Å². The Bertz CT molecular complexity index is 1270. The van der Waals surface area contributed by atoms with E-state index in [0.717, 1.165) is 37.1 Å². The maximum Gasteiger partial charge on any atom is 0.257 e. The molecule has 1 amide bonds. The van der Waals surface area contributed by atoms with Crippen molar-refractivity contribution in [2.75, 3.05) is 11.5 Å². The minimum Gasteiger partial charge on any atom is -0.491 e. The lowest BCUT2D eigenvalue weighted by Crippen LogP contribution is -2.56. The van der Waals surface area contributed by atoms with E-state index in [1.807, 2.05) is 12.3 Å². The summed E-state index contributed by atoms with van der Waals surface area (Å²) in [4.78, 5) is 20.3. The Kier molecular flexibility index (Phi) is 3.88. The number of aromatic nitrogens is 3. The summed E-state index contributed by atoms with van der Waals surface area (Å²) in [7, 11) is 6.38. The van der Waals surface area contributed by atoms with Gasteiger partial charge in [-0.2, -0.15) is 5.10 Å². The van der Waals surface area contributed by atoms with Gasteiger partial charge in [0.15, 0.2) is 5.65 Å². The SMILES string of the molecule is BC(B)(B)N1c2ccn3ncc(c3n2)C(=O)NC2(CC2)COc2ccc(F)cc2C12CC2. The zero-order valence-corrected chi connectivity index (χ0v) is 18.5. The first-order valence-electron chi connectivity index (χ1n) is 11.1. The van der Waals surface area contributed by atoms with Crippen LogP contribution >= 0.6 is 0 Å². The standard InChI is InChI=1S/C21H23B3FN5O2/c22-21(23,24)30-16-3-8-29-17(27-16)13(10-26-29)18(31)28-19(4-5-19)11-32-15-2-1-12(25)9-14(15)20(30)6-7-20/h1-3,8-10H,4-7,11,22-24H2,(H,28,31). The molecule has 0 unspecified atom stereocenters. The number of halogens is 1. The molecule has 0 saturated heterocycles. The maximum atomic E-state index is 14.5. The summed E-state index contributed by atoms with van der Waals surface area (Å²) in [6.07, 6.45) is 6.81. The highest BCUT2D eigenvalue weighted by atomic mass is 19.1. The Balaban J connectivity index is 1.61. The number of nitrogens with one attached hydrogen (secondary N) is 1. The fourth-order valence-electron chi connectivity index (χ4n) is 5.05. The summed E-state index contributed by atoms with van der Waals surface area (Å²) in [5.41, 5.74) is 0.955.